The summed E-state index contributed by atoms with van der Waals surface area (Å²) in [6.07, 6.45) is 2.35. The Balaban J connectivity index is 2.20. The van der Waals surface area contributed by atoms with Crippen molar-refractivity contribution in [3.05, 3.63) is 42.2 Å². The lowest BCUT2D eigenvalue weighted by atomic mass is 10.0. The van der Waals surface area contributed by atoms with Gasteiger partial charge < -0.3 is 14.3 Å². The molecule has 144 valence electrons. The highest BCUT2D eigenvalue weighted by Gasteiger charge is 2.30. The Kier molecular flexibility index (Phi) is 5.13. The van der Waals surface area contributed by atoms with Crippen LogP contribution in [0.1, 0.15) is 52.6 Å². The van der Waals surface area contributed by atoms with Crippen LogP contribution in [0.15, 0.2) is 41.0 Å². The van der Waals surface area contributed by atoms with E-state index in [2.05, 4.69) is 25.2 Å². The Hall–Kier alpha value is -2.56. The van der Waals surface area contributed by atoms with Crippen molar-refractivity contribution in [3.63, 3.8) is 0 Å². The van der Waals surface area contributed by atoms with Gasteiger partial charge in [-0.15, -0.1) is 0 Å². The van der Waals surface area contributed by atoms with Crippen LogP contribution in [-0.2, 0) is 4.79 Å². The number of hydrogen-bond donors (Lipinski definition) is 1. The largest absolute Gasteiger partial charge is 0.461 e. The summed E-state index contributed by atoms with van der Waals surface area (Å²) in [6.45, 7) is 12.3. The van der Waals surface area contributed by atoms with Crippen LogP contribution in [0.25, 0.3) is 22.6 Å². The molecule has 0 aliphatic carbocycles. The van der Waals surface area contributed by atoms with Gasteiger partial charge in [-0.25, -0.2) is 4.98 Å². The van der Waals surface area contributed by atoms with E-state index in [1.165, 1.54) is 0 Å². The number of nitrogens with zero attached hydrogens (tertiary/aromatic N) is 2. The molecule has 0 radical (unpaired) electrons. The lowest BCUT2D eigenvalue weighted by molar-refractivity contribution is -0.126. The first-order valence-corrected chi connectivity index (χ1v) is 9.50. The fraction of sp³-hybridized carbons (Fsp3) is 0.455. The molecule has 3 rings (SSSR count). The molecule has 1 unspecified atom stereocenters. The van der Waals surface area contributed by atoms with E-state index >= 15 is 0 Å². The van der Waals surface area contributed by atoms with Crippen LogP contribution in [-0.4, -0.2) is 21.0 Å². The topological polar surface area (TPSA) is 60.1 Å². The molecule has 2 aromatic heterocycles. The average Bonchev–Trinajstić information content (AvgIpc) is 3.17. The Bertz CT molecular complexity index is 931. The van der Waals surface area contributed by atoms with Gasteiger partial charge in [0.05, 0.1) is 17.3 Å². The molecule has 5 nitrogen and oxygen atoms in total. The van der Waals surface area contributed by atoms with Crippen molar-refractivity contribution in [2.75, 3.05) is 0 Å². The first kappa shape index (κ1) is 19.2. The molecule has 3 aromatic rings. The van der Waals surface area contributed by atoms with E-state index in [9.17, 15) is 4.79 Å². The Morgan fingerprint density at radius 3 is 2.59 bits per heavy atom. The molecule has 0 aliphatic rings. The second-order valence-corrected chi connectivity index (χ2v) is 8.66. The molecule has 2 heterocycles. The van der Waals surface area contributed by atoms with E-state index in [-0.39, 0.29) is 17.5 Å². The van der Waals surface area contributed by atoms with Crippen molar-refractivity contribution in [1.29, 1.82) is 0 Å². The van der Waals surface area contributed by atoms with Crippen LogP contribution in [0.5, 0.6) is 0 Å². The summed E-state index contributed by atoms with van der Waals surface area (Å²) >= 11 is 0. The number of furan rings is 1. The molecule has 1 amide bonds. The van der Waals surface area contributed by atoms with Crippen molar-refractivity contribution >= 4 is 16.9 Å². The number of carbonyl (C=O) groups is 1. The molecule has 27 heavy (non-hydrogen) atoms. The van der Waals surface area contributed by atoms with Gasteiger partial charge >= 0.3 is 0 Å². The van der Waals surface area contributed by atoms with Crippen molar-refractivity contribution in [2.24, 2.45) is 5.92 Å². The summed E-state index contributed by atoms with van der Waals surface area (Å²) < 4.78 is 7.68. The highest BCUT2D eigenvalue weighted by Crippen LogP contribution is 2.32. The number of imidazole rings is 1. The molecule has 0 aliphatic heterocycles. The number of amides is 1. The maximum Gasteiger partial charge on any atom is 0.243 e. The zero-order valence-corrected chi connectivity index (χ0v) is 17.0. The molecule has 1 atom stereocenters. The third kappa shape index (κ3) is 4.24. The smallest absolute Gasteiger partial charge is 0.243 e. The second kappa shape index (κ2) is 7.22. The van der Waals surface area contributed by atoms with Gasteiger partial charge in [0, 0.05) is 5.54 Å². The predicted octanol–water partition coefficient (Wildman–Crippen LogP) is 5.11. The fourth-order valence-electron chi connectivity index (χ4n) is 3.33. The predicted molar refractivity (Wildman–Crippen MR) is 109 cm³/mol. The number of hydrogen-bond acceptors (Lipinski definition) is 3. The van der Waals surface area contributed by atoms with Crippen LogP contribution >= 0.6 is 0 Å². The van der Waals surface area contributed by atoms with Crippen molar-refractivity contribution < 1.29 is 9.21 Å². The van der Waals surface area contributed by atoms with Crippen LogP contribution in [0, 0.1) is 12.8 Å². The lowest BCUT2D eigenvalue weighted by Crippen LogP contribution is -2.44. The minimum Gasteiger partial charge on any atom is -0.461 e. The van der Waals surface area contributed by atoms with Gasteiger partial charge in [-0.2, -0.15) is 0 Å². The molecule has 0 saturated carbocycles. The number of carbonyl (C=O) groups excluding carboxylic acids is 1. The maximum atomic E-state index is 13.2. The van der Waals surface area contributed by atoms with Crippen LogP contribution in [0.2, 0.25) is 0 Å². The van der Waals surface area contributed by atoms with Crippen LogP contribution in [0.3, 0.4) is 0 Å². The zero-order chi connectivity index (χ0) is 19.8. The summed E-state index contributed by atoms with van der Waals surface area (Å²) in [7, 11) is 0. The van der Waals surface area contributed by atoms with Gasteiger partial charge in [0.15, 0.2) is 11.6 Å². The summed E-state index contributed by atoms with van der Waals surface area (Å²) in [5.41, 5.74) is 2.66. The lowest BCUT2D eigenvalue weighted by Gasteiger charge is -2.27. The highest BCUT2D eigenvalue weighted by atomic mass is 16.3. The monoisotopic (exact) mass is 367 g/mol. The normalized spacial score (nSPS) is 13.3. The number of aromatic nitrogens is 2. The van der Waals surface area contributed by atoms with Crippen LogP contribution < -0.4 is 5.32 Å². The van der Waals surface area contributed by atoms with E-state index in [0.29, 0.717) is 17.5 Å². The van der Waals surface area contributed by atoms with E-state index in [4.69, 9.17) is 9.40 Å². The molecule has 1 aromatic carbocycles. The minimum atomic E-state index is -0.364. The van der Waals surface area contributed by atoms with E-state index in [1.807, 2.05) is 56.5 Å². The average molecular weight is 367 g/mol. The number of nitrogens with one attached hydrogen (secondary N) is 1. The third-order valence-corrected chi connectivity index (χ3v) is 4.39. The van der Waals surface area contributed by atoms with Crippen molar-refractivity contribution in [1.82, 2.24) is 14.9 Å². The van der Waals surface area contributed by atoms with E-state index < -0.39 is 0 Å². The molecular formula is C22H29N3O2. The van der Waals surface area contributed by atoms with Gasteiger partial charge in [0.25, 0.3) is 0 Å². The van der Waals surface area contributed by atoms with Crippen molar-refractivity contribution in [3.8, 4) is 11.6 Å². The molecule has 0 saturated heterocycles. The van der Waals surface area contributed by atoms with Gasteiger partial charge in [-0.05, 0) is 69.9 Å². The van der Waals surface area contributed by atoms with Crippen LogP contribution in [0.4, 0.5) is 0 Å². The Labute approximate surface area is 160 Å². The summed E-state index contributed by atoms with van der Waals surface area (Å²) in [5, 5.41) is 3.14. The molecule has 0 spiro atoms. The number of fused-ring (bicyclic) bond motifs is 1. The van der Waals surface area contributed by atoms with Gasteiger partial charge in [0.2, 0.25) is 5.91 Å². The SMILES string of the molecule is Cc1ccc2c(c1)nc(-c1ccco1)n2C(CC(C)C)C(=O)NC(C)(C)C. The highest BCUT2D eigenvalue weighted by molar-refractivity contribution is 5.87. The number of benzene rings is 1. The first-order valence-electron chi connectivity index (χ1n) is 9.50. The molecule has 5 heteroatoms. The molecule has 0 bridgehead atoms. The van der Waals surface area contributed by atoms with Gasteiger partial charge in [-0.3, -0.25) is 4.79 Å². The molecular weight excluding hydrogens is 338 g/mol. The summed E-state index contributed by atoms with van der Waals surface area (Å²) in [6, 6.07) is 9.52. The third-order valence-electron chi connectivity index (χ3n) is 4.39. The number of rotatable bonds is 5. The van der Waals surface area contributed by atoms with E-state index in [1.54, 1.807) is 6.26 Å². The quantitative estimate of drug-likeness (QED) is 0.682. The standard InChI is InChI=1S/C22H29N3O2/c1-14(2)12-18(21(26)24-22(4,5)6)25-17-10-9-15(3)13-16(17)23-20(25)19-8-7-11-27-19/h7-11,13-14,18H,12H2,1-6H3,(H,24,26). The zero-order valence-electron chi connectivity index (χ0n) is 17.0. The van der Waals surface area contributed by atoms with Crippen molar-refractivity contribution in [2.45, 2.75) is 59.5 Å². The summed E-state index contributed by atoms with van der Waals surface area (Å²) in [5.74, 6) is 1.72. The summed E-state index contributed by atoms with van der Waals surface area (Å²) in [4.78, 5) is 18.0. The minimum absolute atomic E-state index is 0.00359. The maximum absolute atomic E-state index is 13.2. The fourth-order valence-corrected chi connectivity index (χ4v) is 3.33. The first-order chi connectivity index (χ1) is 12.7. The Morgan fingerprint density at radius 2 is 2.00 bits per heavy atom. The van der Waals surface area contributed by atoms with Gasteiger partial charge in [0.1, 0.15) is 6.04 Å². The number of aryl methyl sites for hydroxylation is 1. The molecule has 1 N–H and O–H groups in total. The Morgan fingerprint density at radius 1 is 1.26 bits per heavy atom. The molecule has 0 fully saturated rings. The second-order valence-electron chi connectivity index (χ2n) is 8.66. The van der Waals surface area contributed by atoms with Gasteiger partial charge in [-0.1, -0.05) is 19.9 Å². The van der Waals surface area contributed by atoms with E-state index in [0.717, 1.165) is 23.0 Å².